The van der Waals surface area contributed by atoms with E-state index in [0.29, 0.717) is 35.6 Å². The van der Waals surface area contributed by atoms with Gasteiger partial charge in [-0.25, -0.2) is 14.4 Å². The number of anilines is 1. The zero-order valence-corrected chi connectivity index (χ0v) is 18.4. The van der Waals surface area contributed by atoms with E-state index in [9.17, 15) is 14.4 Å². The van der Waals surface area contributed by atoms with Crippen molar-refractivity contribution in [2.45, 2.75) is 59.6 Å². The Morgan fingerprint density at radius 1 is 1.27 bits per heavy atom. The fourth-order valence-electron chi connectivity index (χ4n) is 3.29. The van der Waals surface area contributed by atoms with Crippen LogP contribution in [0.15, 0.2) is 35.5 Å². The second kappa shape index (κ2) is 10.7. The van der Waals surface area contributed by atoms with Gasteiger partial charge in [0, 0.05) is 24.5 Å². The van der Waals surface area contributed by atoms with Crippen molar-refractivity contribution in [3.05, 3.63) is 41.1 Å². The number of amides is 4. The third-order valence-electron chi connectivity index (χ3n) is 4.71. The number of unbranched alkanes of at least 4 members (excludes halogenated alkanes) is 1. The summed E-state index contributed by atoms with van der Waals surface area (Å²) >= 11 is 0. The number of urea groups is 2. The highest BCUT2D eigenvalue weighted by atomic mass is 16.5. The number of carbonyl (C=O) groups excluding carboxylic acids is 3. The minimum atomic E-state index is -0.669. The largest absolute Gasteiger partial charge is 0.459 e. The lowest BCUT2D eigenvalue weighted by Gasteiger charge is -2.35. The van der Waals surface area contributed by atoms with Crippen LogP contribution in [0.1, 0.15) is 59.1 Å². The highest BCUT2D eigenvalue weighted by Gasteiger charge is 2.36. The van der Waals surface area contributed by atoms with Gasteiger partial charge in [-0.1, -0.05) is 25.5 Å². The smallest absolute Gasteiger partial charge is 0.338 e. The molecular formula is C22H32N4O4. The molecule has 1 aliphatic heterocycles. The van der Waals surface area contributed by atoms with Gasteiger partial charge in [-0.05, 0) is 51.8 Å². The quantitative estimate of drug-likeness (QED) is 0.559. The Hall–Kier alpha value is -3.03. The van der Waals surface area contributed by atoms with E-state index in [-0.39, 0.29) is 18.2 Å². The molecule has 1 heterocycles. The van der Waals surface area contributed by atoms with Crippen LogP contribution in [0, 0.1) is 0 Å². The summed E-state index contributed by atoms with van der Waals surface area (Å²) in [4.78, 5) is 39.2. The molecule has 0 bridgehead atoms. The van der Waals surface area contributed by atoms with E-state index in [4.69, 9.17) is 4.74 Å². The number of allylic oxidation sites excluding steroid dienone is 1. The Bertz CT molecular complexity index is 819. The Balaban J connectivity index is 2.43. The molecule has 8 heteroatoms. The van der Waals surface area contributed by atoms with Gasteiger partial charge in [0.2, 0.25) is 0 Å². The van der Waals surface area contributed by atoms with E-state index in [2.05, 4.69) is 16.0 Å². The molecule has 1 aromatic carbocycles. The Morgan fingerprint density at radius 3 is 2.63 bits per heavy atom. The predicted molar refractivity (Wildman–Crippen MR) is 116 cm³/mol. The zero-order valence-electron chi connectivity index (χ0n) is 18.4. The summed E-state index contributed by atoms with van der Waals surface area (Å²) in [5, 5.41) is 8.36. The number of ether oxygens (including phenoxy) is 1. The normalized spacial score (nSPS) is 16.4. The Kier molecular flexibility index (Phi) is 8.26. The maximum atomic E-state index is 12.9. The van der Waals surface area contributed by atoms with E-state index < -0.39 is 12.0 Å². The standard InChI is InChI=1S/C22H32N4O4/c1-6-8-12-26-15(5)18(20(27)30-14(3)4)19(25-22(26)29)16-10-9-11-17(13-16)24-21(28)23-7-2/h9-11,13-14,19H,6-8,12H2,1-5H3,(H,25,29)(H2,23,24,28). The van der Waals surface area contributed by atoms with Crippen molar-refractivity contribution in [1.29, 1.82) is 0 Å². The molecule has 1 unspecified atom stereocenters. The molecule has 1 aliphatic rings. The summed E-state index contributed by atoms with van der Waals surface area (Å²) in [6.07, 6.45) is 1.47. The molecule has 0 saturated heterocycles. The minimum absolute atomic E-state index is 0.255. The molecule has 0 aromatic heterocycles. The topological polar surface area (TPSA) is 99.8 Å². The van der Waals surface area contributed by atoms with Gasteiger partial charge >= 0.3 is 18.0 Å². The molecule has 0 saturated carbocycles. The van der Waals surface area contributed by atoms with E-state index in [1.54, 1.807) is 43.9 Å². The van der Waals surface area contributed by atoms with Crippen molar-refractivity contribution in [3.63, 3.8) is 0 Å². The van der Waals surface area contributed by atoms with E-state index >= 15 is 0 Å². The van der Waals surface area contributed by atoms with Crippen LogP contribution < -0.4 is 16.0 Å². The van der Waals surface area contributed by atoms with Gasteiger partial charge in [-0.15, -0.1) is 0 Å². The van der Waals surface area contributed by atoms with Crippen molar-refractivity contribution >= 4 is 23.7 Å². The van der Waals surface area contributed by atoms with Gasteiger partial charge in [0.25, 0.3) is 0 Å². The number of benzene rings is 1. The van der Waals surface area contributed by atoms with Gasteiger partial charge in [0.15, 0.2) is 0 Å². The first kappa shape index (κ1) is 23.3. The highest BCUT2D eigenvalue weighted by molar-refractivity contribution is 5.95. The molecular weight excluding hydrogens is 384 g/mol. The van der Waals surface area contributed by atoms with Crippen molar-refractivity contribution in [3.8, 4) is 0 Å². The van der Waals surface area contributed by atoms with Gasteiger partial charge in [0.1, 0.15) is 0 Å². The molecule has 2 rings (SSSR count). The average Bonchev–Trinajstić information content (AvgIpc) is 2.67. The summed E-state index contributed by atoms with van der Waals surface area (Å²) in [7, 11) is 0. The lowest BCUT2D eigenvalue weighted by molar-refractivity contribution is -0.143. The molecule has 0 fully saturated rings. The third kappa shape index (κ3) is 5.75. The van der Waals surface area contributed by atoms with E-state index in [1.807, 2.05) is 19.9 Å². The molecule has 0 radical (unpaired) electrons. The summed E-state index contributed by atoms with van der Waals surface area (Å²) in [5.74, 6) is -0.462. The molecule has 0 spiro atoms. The molecule has 0 aliphatic carbocycles. The molecule has 8 nitrogen and oxygen atoms in total. The van der Waals surface area contributed by atoms with Crippen LogP contribution in [0.5, 0.6) is 0 Å². The molecule has 30 heavy (non-hydrogen) atoms. The van der Waals surface area contributed by atoms with Crippen LogP contribution in [0.25, 0.3) is 0 Å². The Labute approximate surface area is 178 Å². The number of esters is 1. The summed E-state index contributed by atoms with van der Waals surface area (Å²) in [6.45, 7) is 10.3. The minimum Gasteiger partial charge on any atom is -0.459 e. The summed E-state index contributed by atoms with van der Waals surface area (Å²) in [5.41, 5.74) is 2.23. The van der Waals surface area contributed by atoms with Crippen LogP contribution in [-0.2, 0) is 9.53 Å². The summed E-state index contributed by atoms with van der Waals surface area (Å²) in [6, 6.07) is 5.84. The van der Waals surface area contributed by atoms with E-state index in [1.165, 1.54) is 0 Å². The maximum Gasteiger partial charge on any atom is 0.338 e. The number of hydrogen-bond acceptors (Lipinski definition) is 4. The fraction of sp³-hybridized carbons (Fsp3) is 0.500. The zero-order chi connectivity index (χ0) is 22.3. The van der Waals surface area contributed by atoms with Gasteiger partial charge in [-0.2, -0.15) is 0 Å². The molecule has 1 aromatic rings. The van der Waals surface area contributed by atoms with Gasteiger partial charge < -0.3 is 20.7 Å². The number of nitrogens with zero attached hydrogens (tertiary/aromatic N) is 1. The van der Waals surface area contributed by atoms with Crippen molar-refractivity contribution in [1.82, 2.24) is 15.5 Å². The van der Waals surface area contributed by atoms with E-state index in [0.717, 1.165) is 12.8 Å². The lowest BCUT2D eigenvalue weighted by Crippen LogP contribution is -2.48. The van der Waals surface area contributed by atoms with Crippen LogP contribution in [0.3, 0.4) is 0 Å². The maximum absolute atomic E-state index is 12.9. The second-order valence-corrected chi connectivity index (χ2v) is 7.45. The Morgan fingerprint density at radius 2 is 2.00 bits per heavy atom. The van der Waals surface area contributed by atoms with Gasteiger partial charge in [-0.3, -0.25) is 4.90 Å². The number of nitrogens with one attached hydrogen (secondary N) is 3. The van der Waals surface area contributed by atoms with Crippen molar-refractivity contribution < 1.29 is 19.1 Å². The van der Waals surface area contributed by atoms with Crippen molar-refractivity contribution in [2.24, 2.45) is 0 Å². The number of rotatable bonds is 8. The lowest BCUT2D eigenvalue weighted by atomic mass is 9.94. The summed E-state index contributed by atoms with van der Waals surface area (Å²) < 4.78 is 5.47. The molecule has 1 atom stereocenters. The van der Waals surface area contributed by atoms with Crippen molar-refractivity contribution in [2.75, 3.05) is 18.4 Å². The first-order chi connectivity index (χ1) is 14.3. The van der Waals surface area contributed by atoms with Crippen LogP contribution >= 0.6 is 0 Å². The predicted octanol–water partition coefficient (Wildman–Crippen LogP) is 3.92. The highest BCUT2D eigenvalue weighted by Crippen LogP contribution is 2.32. The first-order valence-corrected chi connectivity index (χ1v) is 10.4. The molecule has 3 N–H and O–H groups in total. The fourth-order valence-corrected chi connectivity index (χ4v) is 3.29. The SMILES string of the molecule is CCCCN1C(=O)NC(c2cccc(NC(=O)NCC)c2)C(C(=O)OC(C)C)=C1C. The van der Waals surface area contributed by atoms with Crippen LogP contribution in [0.4, 0.5) is 15.3 Å². The molecule has 4 amide bonds. The second-order valence-electron chi connectivity index (χ2n) is 7.45. The first-order valence-electron chi connectivity index (χ1n) is 10.4. The average molecular weight is 417 g/mol. The monoisotopic (exact) mass is 416 g/mol. The number of carbonyl (C=O) groups is 3. The van der Waals surface area contributed by atoms with Crippen LogP contribution in [0.2, 0.25) is 0 Å². The van der Waals surface area contributed by atoms with Crippen LogP contribution in [-0.4, -0.2) is 42.1 Å². The van der Waals surface area contributed by atoms with Gasteiger partial charge in [0.05, 0.1) is 17.7 Å². The third-order valence-corrected chi connectivity index (χ3v) is 4.71. The molecule has 164 valence electrons. The number of hydrogen-bond donors (Lipinski definition) is 3.